The third-order valence-corrected chi connectivity index (χ3v) is 4.05. The van der Waals surface area contributed by atoms with Crippen molar-refractivity contribution in [1.82, 2.24) is 5.32 Å². The van der Waals surface area contributed by atoms with Gasteiger partial charge in [-0.2, -0.15) is 0 Å². The first kappa shape index (κ1) is 13.1. The van der Waals surface area contributed by atoms with Crippen molar-refractivity contribution < 1.29 is 5.11 Å². The van der Waals surface area contributed by atoms with Crippen LogP contribution in [0.1, 0.15) is 31.7 Å². The Labute approximate surface area is 112 Å². The van der Waals surface area contributed by atoms with Gasteiger partial charge in [0.15, 0.2) is 0 Å². The fourth-order valence-electron chi connectivity index (χ4n) is 2.17. The number of rotatable bonds is 5. The minimum atomic E-state index is -0.423. The van der Waals surface area contributed by atoms with E-state index in [1.807, 2.05) is 0 Å². The smallest absolute Gasteiger partial charge is 0.0771 e. The molecule has 0 saturated heterocycles. The number of hydrogen-bond donors (Lipinski definition) is 2. The minimum absolute atomic E-state index is 0.404. The lowest BCUT2D eigenvalue weighted by Gasteiger charge is -2.37. The van der Waals surface area contributed by atoms with Crippen molar-refractivity contribution in [1.29, 1.82) is 0 Å². The number of halogens is 1. The molecule has 1 aliphatic rings. The van der Waals surface area contributed by atoms with Crippen LogP contribution < -0.4 is 5.32 Å². The van der Waals surface area contributed by atoms with Crippen LogP contribution in [0, 0.1) is 0 Å². The maximum atomic E-state index is 9.99. The van der Waals surface area contributed by atoms with Gasteiger partial charge in [-0.3, -0.25) is 0 Å². The van der Waals surface area contributed by atoms with Gasteiger partial charge in [0.1, 0.15) is 0 Å². The first-order valence-corrected chi connectivity index (χ1v) is 7.07. The summed E-state index contributed by atoms with van der Waals surface area (Å²) in [6.07, 6.45) is 4.07. The molecule has 0 radical (unpaired) electrons. The van der Waals surface area contributed by atoms with E-state index in [0.717, 1.165) is 30.3 Å². The maximum absolute atomic E-state index is 9.99. The molecular weight excluding hydrogens is 278 g/mol. The molecule has 0 heterocycles. The van der Waals surface area contributed by atoms with E-state index in [9.17, 15) is 5.11 Å². The molecule has 2 nitrogen and oxygen atoms in total. The Hall–Kier alpha value is -0.380. The van der Waals surface area contributed by atoms with E-state index in [1.165, 1.54) is 12.0 Å². The van der Waals surface area contributed by atoms with Gasteiger partial charge >= 0.3 is 0 Å². The van der Waals surface area contributed by atoms with Crippen LogP contribution in [0.2, 0.25) is 0 Å². The van der Waals surface area contributed by atoms with Gasteiger partial charge in [-0.15, -0.1) is 0 Å². The lowest BCUT2D eigenvalue weighted by molar-refractivity contribution is -0.0328. The van der Waals surface area contributed by atoms with Gasteiger partial charge in [0.05, 0.1) is 5.60 Å². The molecule has 1 atom stereocenters. The average Bonchev–Trinajstić information content (AvgIpc) is 2.27. The molecule has 94 valence electrons. The zero-order valence-corrected chi connectivity index (χ0v) is 11.8. The van der Waals surface area contributed by atoms with Crippen LogP contribution in [0.25, 0.3) is 0 Å². The second-order valence-corrected chi connectivity index (χ2v) is 6.11. The van der Waals surface area contributed by atoms with Crippen LogP contribution in [0.15, 0.2) is 28.7 Å². The summed E-state index contributed by atoms with van der Waals surface area (Å²) in [6, 6.07) is 8.82. The Bertz CT molecular complexity index is 359. The van der Waals surface area contributed by atoms with E-state index < -0.39 is 5.60 Å². The zero-order chi connectivity index (χ0) is 12.3. The standard InChI is InChI=1S/C14H20BrNO/c1-11(16-10-14(17)7-2-8-14)9-12-3-5-13(15)6-4-12/h3-6,11,16-17H,2,7-10H2,1H3. The predicted molar refractivity (Wildman–Crippen MR) is 74.1 cm³/mol. The number of nitrogens with one attached hydrogen (secondary N) is 1. The molecule has 0 spiro atoms. The third-order valence-electron chi connectivity index (χ3n) is 3.52. The van der Waals surface area contributed by atoms with Crippen molar-refractivity contribution in [2.75, 3.05) is 6.54 Å². The largest absolute Gasteiger partial charge is 0.389 e. The van der Waals surface area contributed by atoms with Gasteiger partial charge < -0.3 is 10.4 Å². The van der Waals surface area contributed by atoms with Crippen molar-refractivity contribution >= 4 is 15.9 Å². The van der Waals surface area contributed by atoms with Gasteiger partial charge in [-0.05, 0) is 50.3 Å². The number of hydrogen-bond acceptors (Lipinski definition) is 2. The molecule has 1 saturated carbocycles. The predicted octanol–water partition coefficient (Wildman–Crippen LogP) is 2.88. The van der Waals surface area contributed by atoms with Crippen molar-refractivity contribution in [3.8, 4) is 0 Å². The normalized spacial score (nSPS) is 19.7. The van der Waals surface area contributed by atoms with E-state index in [0.29, 0.717) is 6.04 Å². The van der Waals surface area contributed by atoms with Crippen molar-refractivity contribution in [2.45, 2.75) is 44.2 Å². The van der Waals surface area contributed by atoms with Crippen LogP contribution in [-0.4, -0.2) is 23.3 Å². The van der Waals surface area contributed by atoms with Crippen molar-refractivity contribution in [3.05, 3.63) is 34.3 Å². The van der Waals surface area contributed by atoms with E-state index in [4.69, 9.17) is 0 Å². The summed E-state index contributed by atoms with van der Waals surface area (Å²) in [6.45, 7) is 2.90. The van der Waals surface area contributed by atoms with Gasteiger partial charge in [0.25, 0.3) is 0 Å². The molecule has 17 heavy (non-hydrogen) atoms. The lowest BCUT2D eigenvalue weighted by atomic mass is 9.80. The fraction of sp³-hybridized carbons (Fsp3) is 0.571. The molecule has 3 heteroatoms. The van der Waals surface area contributed by atoms with Crippen LogP contribution >= 0.6 is 15.9 Å². The second kappa shape index (κ2) is 5.51. The van der Waals surface area contributed by atoms with Gasteiger partial charge in [-0.25, -0.2) is 0 Å². The molecule has 2 rings (SSSR count). The Balaban J connectivity index is 1.76. The Morgan fingerprint density at radius 1 is 1.35 bits per heavy atom. The number of aliphatic hydroxyl groups is 1. The SMILES string of the molecule is CC(Cc1ccc(Br)cc1)NCC1(O)CCC1. The Morgan fingerprint density at radius 2 is 2.00 bits per heavy atom. The highest BCUT2D eigenvalue weighted by molar-refractivity contribution is 9.10. The Morgan fingerprint density at radius 3 is 2.53 bits per heavy atom. The molecule has 1 aromatic rings. The third kappa shape index (κ3) is 3.80. The molecule has 2 N–H and O–H groups in total. The molecule has 0 bridgehead atoms. The first-order valence-electron chi connectivity index (χ1n) is 6.28. The average molecular weight is 298 g/mol. The molecule has 1 aromatic carbocycles. The minimum Gasteiger partial charge on any atom is -0.389 e. The second-order valence-electron chi connectivity index (χ2n) is 5.19. The van der Waals surface area contributed by atoms with E-state index in [2.05, 4.69) is 52.4 Å². The molecule has 1 unspecified atom stereocenters. The highest BCUT2D eigenvalue weighted by Crippen LogP contribution is 2.30. The summed E-state index contributed by atoms with van der Waals surface area (Å²) in [4.78, 5) is 0. The van der Waals surface area contributed by atoms with Crippen LogP contribution in [0.4, 0.5) is 0 Å². The zero-order valence-electron chi connectivity index (χ0n) is 10.2. The molecule has 0 aliphatic heterocycles. The Kier molecular flexibility index (Phi) is 4.23. The summed E-state index contributed by atoms with van der Waals surface area (Å²) in [5, 5.41) is 13.4. The highest BCUT2D eigenvalue weighted by Gasteiger charge is 2.34. The monoisotopic (exact) mass is 297 g/mol. The molecule has 0 aromatic heterocycles. The van der Waals surface area contributed by atoms with Gasteiger partial charge in [0, 0.05) is 17.1 Å². The quantitative estimate of drug-likeness (QED) is 0.876. The topological polar surface area (TPSA) is 32.3 Å². The lowest BCUT2D eigenvalue weighted by Crippen LogP contribution is -2.48. The van der Waals surface area contributed by atoms with Crippen molar-refractivity contribution in [3.63, 3.8) is 0 Å². The molecule has 1 aliphatic carbocycles. The van der Waals surface area contributed by atoms with Crippen LogP contribution in [0.5, 0.6) is 0 Å². The molecule has 0 amide bonds. The summed E-state index contributed by atoms with van der Waals surface area (Å²) in [5.41, 5.74) is 0.905. The van der Waals surface area contributed by atoms with E-state index in [-0.39, 0.29) is 0 Å². The van der Waals surface area contributed by atoms with E-state index >= 15 is 0 Å². The molecular formula is C14H20BrNO. The number of benzene rings is 1. The van der Waals surface area contributed by atoms with Crippen molar-refractivity contribution in [2.24, 2.45) is 0 Å². The first-order chi connectivity index (χ1) is 8.07. The fourth-order valence-corrected chi connectivity index (χ4v) is 2.44. The summed E-state index contributed by atoms with van der Waals surface area (Å²) >= 11 is 3.44. The highest BCUT2D eigenvalue weighted by atomic mass is 79.9. The summed E-state index contributed by atoms with van der Waals surface area (Å²) < 4.78 is 1.12. The van der Waals surface area contributed by atoms with Crippen LogP contribution in [0.3, 0.4) is 0 Å². The van der Waals surface area contributed by atoms with E-state index in [1.54, 1.807) is 0 Å². The van der Waals surface area contributed by atoms with Gasteiger partial charge in [0.2, 0.25) is 0 Å². The van der Waals surface area contributed by atoms with Gasteiger partial charge in [-0.1, -0.05) is 28.1 Å². The summed E-state index contributed by atoms with van der Waals surface area (Å²) in [7, 11) is 0. The maximum Gasteiger partial charge on any atom is 0.0771 e. The summed E-state index contributed by atoms with van der Waals surface area (Å²) in [5.74, 6) is 0. The molecule has 1 fully saturated rings. The van der Waals surface area contributed by atoms with Crippen LogP contribution in [-0.2, 0) is 6.42 Å².